The minimum Gasteiger partial charge on any atom is -0.481 e. The summed E-state index contributed by atoms with van der Waals surface area (Å²) in [7, 11) is 0. The summed E-state index contributed by atoms with van der Waals surface area (Å²) in [5.74, 6) is -2.44. The van der Waals surface area contributed by atoms with Crippen molar-refractivity contribution in [3.05, 3.63) is 96.1 Å². The van der Waals surface area contributed by atoms with Gasteiger partial charge in [-0.25, -0.2) is 0 Å². The van der Waals surface area contributed by atoms with Crippen molar-refractivity contribution in [2.24, 2.45) is 11.8 Å². The van der Waals surface area contributed by atoms with Crippen molar-refractivity contribution in [1.29, 1.82) is 0 Å². The Bertz CT molecular complexity index is 1160. The highest BCUT2D eigenvalue weighted by Gasteiger charge is 2.29. The van der Waals surface area contributed by atoms with Crippen molar-refractivity contribution < 1.29 is 19.5 Å². The first-order chi connectivity index (χ1) is 17.2. The van der Waals surface area contributed by atoms with E-state index in [0.29, 0.717) is 12.0 Å². The van der Waals surface area contributed by atoms with E-state index in [4.69, 9.17) is 0 Å². The van der Waals surface area contributed by atoms with Crippen LogP contribution in [0.5, 0.6) is 0 Å². The maximum atomic E-state index is 13.5. The van der Waals surface area contributed by atoms with Gasteiger partial charge in [0.1, 0.15) is 6.04 Å². The van der Waals surface area contributed by atoms with E-state index in [1.807, 2.05) is 99.6 Å². The van der Waals surface area contributed by atoms with E-state index in [1.165, 1.54) is 0 Å². The maximum absolute atomic E-state index is 13.5. The molecule has 0 heterocycles. The molecule has 1 unspecified atom stereocenters. The van der Waals surface area contributed by atoms with Crippen LogP contribution in [0.2, 0.25) is 0 Å². The Hall–Kier alpha value is -3.93. The van der Waals surface area contributed by atoms with Gasteiger partial charge in [0.25, 0.3) is 0 Å². The highest BCUT2D eigenvalue weighted by molar-refractivity contribution is 5.91. The summed E-state index contributed by atoms with van der Waals surface area (Å²) in [5.41, 5.74) is 3.48. The van der Waals surface area contributed by atoms with Gasteiger partial charge in [0.2, 0.25) is 11.8 Å². The van der Waals surface area contributed by atoms with E-state index < -0.39 is 23.8 Å². The highest BCUT2D eigenvalue weighted by atomic mass is 16.4. The summed E-state index contributed by atoms with van der Waals surface area (Å²) in [6, 6.07) is 25.6. The summed E-state index contributed by atoms with van der Waals surface area (Å²) < 4.78 is 0. The van der Waals surface area contributed by atoms with Crippen LogP contribution < -0.4 is 10.6 Å². The third-order valence-electron chi connectivity index (χ3n) is 6.08. The molecule has 3 atom stereocenters. The number of carbonyl (C=O) groups is 3. The average molecular weight is 487 g/mol. The molecule has 3 aromatic rings. The van der Waals surface area contributed by atoms with Crippen LogP contribution in [-0.4, -0.2) is 22.9 Å². The molecule has 0 aromatic heterocycles. The second kappa shape index (κ2) is 12.7. The van der Waals surface area contributed by atoms with Gasteiger partial charge in [0, 0.05) is 5.92 Å². The first-order valence-electron chi connectivity index (χ1n) is 12.3. The van der Waals surface area contributed by atoms with Gasteiger partial charge in [0.15, 0.2) is 0 Å². The molecule has 6 nitrogen and oxygen atoms in total. The Labute approximate surface area is 212 Å². The number of nitrogens with one attached hydrogen (secondary N) is 2. The molecule has 6 heteroatoms. The first kappa shape index (κ1) is 26.7. The van der Waals surface area contributed by atoms with Crippen LogP contribution >= 0.6 is 0 Å². The molecule has 0 saturated carbocycles. The minimum atomic E-state index is -1.04. The lowest BCUT2D eigenvalue weighted by Crippen LogP contribution is -2.43. The first-order valence-corrected chi connectivity index (χ1v) is 12.3. The van der Waals surface area contributed by atoms with Gasteiger partial charge < -0.3 is 15.7 Å². The number of carboxylic acid groups (broad SMARTS) is 1. The normalized spacial score (nSPS) is 13.4. The van der Waals surface area contributed by atoms with Crippen LogP contribution in [-0.2, 0) is 14.4 Å². The zero-order valence-corrected chi connectivity index (χ0v) is 21.0. The van der Waals surface area contributed by atoms with E-state index in [2.05, 4.69) is 10.6 Å². The fourth-order valence-corrected chi connectivity index (χ4v) is 4.27. The van der Waals surface area contributed by atoms with Crippen molar-refractivity contribution in [3.63, 3.8) is 0 Å². The lowest BCUT2D eigenvalue weighted by Gasteiger charge is -2.25. The van der Waals surface area contributed by atoms with E-state index >= 15 is 0 Å². The van der Waals surface area contributed by atoms with Crippen LogP contribution in [0.4, 0.5) is 0 Å². The summed E-state index contributed by atoms with van der Waals surface area (Å²) in [5, 5.41) is 15.2. The zero-order valence-electron chi connectivity index (χ0n) is 21.0. The van der Waals surface area contributed by atoms with Crippen molar-refractivity contribution in [2.45, 2.75) is 45.7 Å². The van der Waals surface area contributed by atoms with Gasteiger partial charge in [0.05, 0.1) is 12.5 Å². The standard InChI is InChI=1S/C30H34N2O4/c1-20(2)17-26(19-27(33)34)29(35)32-28(30(36)31-21(3)22-11-6-4-7-12-22)25-16-10-15-24(18-25)23-13-8-5-9-14-23/h4-16,18,20-21,26,28H,17,19H2,1-3H3,(H,31,36)(H,32,35)(H,33,34)/t21-,26+,28?/m0/s1. The average Bonchev–Trinajstić information content (AvgIpc) is 2.87. The molecule has 0 radical (unpaired) electrons. The number of amides is 2. The number of hydrogen-bond acceptors (Lipinski definition) is 3. The summed E-state index contributed by atoms with van der Waals surface area (Å²) >= 11 is 0. The number of rotatable bonds is 11. The molecular formula is C30H34N2O4. The van der Waals surface area contributed by atoms with Crippen molar-refractivity contribution >= 4 is 17.8 Å². The molecule has 3 aromatic carbocycles. The van der Waals surface area contributed by atoms with Gasteiger partial charge in [-0.15, -0.1) is 0 Å². The summed E-state index contributed by atoms with van der Waals surface area (Å²) in [6.07, 6.45) is 0.125. The predicted octanol–water partition coefficient (Wildman–Crippen LogP) is 5.53. The van der Waals surface area contributed by atoms with E-state index in [9.17, 15) is 19.5 Å². The third-order valence-corrected chi connectivity index (χ3v) is 6.08. The Morgan fingerprint density at radius 2 is 1.31 bits per heavy atom. The predicted molar refractivity (Wildman–Crippen MR) is 141 cm³/mol. The number of carboxylic acids is 1. The summed E-state index contributed by atoms with van der Waals surface area (Å²) in [6.45, 7) is 5.77. The molecule has 0 saturated heterocycles. The molecule has 0 spiro atoms. The molecule has 188 valence electrons. The van der Waals surface area contributed by atoms with E-state index in [-0.39, 0.29) is 24.3 Å². The molecule has 0 fully saturated rings. The molecule has 0 aliphatic rings. The molecule has 0 bridgehead atoms. The second-order valence-corrected chi connectivity index (χ2v) is 9.50. The van der Waals surface area contributed by atoms with Crippen LogP contribution in [0.1, 0.15) is 56.8 Å². The van der Waals surface area contributed by atoms with Crippen molar-refractivity contribution in [1.82, 2.24) is 10.6 Å². The molecule has 36 heavy (non-hydrogen) atoms. The van der Waals surface area contributed by atoms with Gasteiger partial charge in [-0.1, -0.05) is 92.7 Å². The minimum absolute atomic E-state index is 0.131. The van der Waals surface area contributed by atoms with Crippen molar-refractivity contribution in [3.8, 4) is 11.1 Å². The topological polar surface area (TPSA) is 95.5 Å². The molecule has 0 aliphatic carbocycles. The monoisotopic (exact) mass is 486 g/mol. The van der Waals surface area contributed by atoms with Crippen LogP contribution in [0.25, 0.3) is 11.1 Å². The van der Waals surface area contributed by atoms with E-state index in [0.717, 1.165) is 16.7 Å². The van der Waals surface area contributed by atoms with Crippen LogP contribution in [0, 0.1) is 11.8 Å². The maximum Gasteiger partial charge on any atom is 0.304 e. The number of carbonyl (C=O) groups excluding carboxylic acids is 2. The third kappa shape index (κ3) is 7.54. The lowest BCUT2D eigenvalue weighted by molar-refractivity contribution is -0.142. The van der Waals surface area contributed by atoms with Gasteiger partial charge in [-0.05, 0) is 47.6 Å². The fraction of sp³-hybridized carbons (Fsp3) is 0.300. The molecule has 3 rings (SSSR count). The Morgan fingerprint density at radius 3 is 1.92 bits per heavy atom. The van der Waals surface area contributed by atoms with Crippen LogP contribution in [0.15, 0.2) is 84.9 Å². The molecular weight excluding hydrogens is 452 g/mol. The Morgan fingerprint density at radius 1 is 0.722 bits per heavy atom. The van der Waals surface area contributed by atoms with Gasteiger partial charge in [-0.3, -0.25) is 14.4 Å². The van der Waals surface area contributed by atoms with Crippen LogP contribution in [0.3, 0.4) is 0 Å². The smallest absolute Gasteiger partial charge is 0.304 e. The Balaban J connectivity index is 1.92. The quantitative estimate of drug-likeness (QED) is 0.332. The second-order valence-electron chi connectivity index (χ2n) is 9.50. The number of benzene rings is 3. The van der Waals surface area contributed by atoms with Gasteiger partial charge >= 0.3 is 5.97 Å². The van der Waals surface area contributed by atoms with E-state index in [1.54, 1.807) is 6.07 Å². The number of aliphatic carboxylic acids is 1. The molecule has 3 N–H and O–H groups in total. The molecule has 2 amide bonds. The highest BCUT2D eigenvalue weighted by Crippen LogP contribution is 2.25. The van der Waals surface area contributed by atoms with Gasteiger partial charge in [-0.2, -0.15) is 0 Å². The van der Waals surface area contributed by atoms with Crippen molar-refractivity contribution in [2.75, 3.05) is 0 Å². The SMILES string of the molecule is CC(C)C[C@H](CC(=O)O)C(=O)NC(C(=O)N[C@@H](C)c1ccccc1)c1cccc(-c2ccccc2)c1. The number of hydrogen-bond donors (Lipinski definition) is 3. The fourth-order valence-electron chi connectivity index (χ4n) is 4.27. The molecule has 0 aliphatic heterocycles. The zero-order chi connectivity index (χ0) is 26.1. The summed E-state index contributed by atoms with van der Waals surface area (Å²) in [4.78, 5) is 38.2. The Kier molecular flexibility index (Phi) is 9.39. The lowest BCUT2D eigenvalue weighted by atomic mass is 9.92. The largest absolute Gasteiger partial charge is 0.481 e.